The molecule has 2 rings (SSSR count). The molecule has 0 radical (unpaired) electrons. The molecule has 0 aliphatic rings. The van der Waals surface area contributed by atoms with Crippen molar-refractivity contribution >= 4 is 11.8 Å². The van der Waals surface area contributed by atoms with Crippen molar-refractivity contribution in [1.29, 1.82) is 0 Å². The van der Waals surface area contributed by atoms with E-state index in [4.69, 9.17) is 5.11 Å². The van der Waals surface area contributed by atoms with E-state index in [0.717, 1.165) is 5.56 Å². The van der Waals surface area contributed by atoms with Gasteiger partial charge in [0.25, 0.3) is 0 Å². The number of rotatable bonds is 6. The van der Waals surface area contributed by atoms with Gasteiger partial charge in [-0.05, 0) is 24.1 Å². The Labute approximate surface area is 116 Å². The van der Waals surface area contributed by atoms with Crippen molar-refractivity contribution in [2.24, 2.45) is 0 Å². The van der Waals surface area contributed by atoms with Crippen LogP contribution in [0, 0.1) is 0 Å². The Morgan fingerprint density at radius 3 is 2.55 bits per heavy atom. The quantitative estimate of drug-likeness (QED) is 0.747. The SMILES string of the molecule is O=C(O)c1cccc(NC(CO)Cc2ccccc2)n1. The van der Waals surface area contributed by atoms with Gasteiger partial charge in [0.05, 0.1) is 12.6 Å². The molecule has 1 atom stereocenters. The first kappa shape index (κ1) is 14.0. The summed E-state index contributed by atoms with van der Waals surface area (Å²) >= 11 is 0. The average Bonchev–Trinajstić information content (AvgIpc) is 2.48. The molecule has 1 aromatic heterocycles. The zero-order chi connectivity index (χ0) is 14.4. The number of nitrogens with zero attached hydrogens (tertiary/aromatic N) is 1. The monoisotopic (exact) mass is 272 g/mol. The van der Waals surface area contributed by atoms with Crippen LogP contribution in [0.4, 0.5) is 5.82 Å². The lowest BCUT2D eigenvalue weighted by Gasteiger charge is -2.17. The maximum absolute atomic E-state index is 10.9. The zero-order valence-corrected chi connectivity index (χ0v) is 10.9. The Balaban J connectivity index is 2.06. The fraction of sp³-hybridized carbons (Fsp3) is 0.200. The first-order chi connectivity index (χ1) is 9.69. The Bertz CT molecular complexity index is 572. The minimum absolute atomic E-state index is 0.0219. The number of carboxylic acid groups (broad SMARTS) is 1. The molecule has 0 bridgehead atoms. The summed E-state index contributed by atoms with van der Waals surface area (Å²) in [4.78, 5) is 14.8. The summed E-state index contributed by atoms with van der Waals surface area (Å²) in [7, 11) is 0. The van der Waals surface area contributed by atoms with Crippen LogP contribution in [0.2, 0.25) is 0 Å². The molecule has 5 nitrogen and oxygen atoms in total. The molecule has 0 saturated heterocycles. The van der Waals surface area contributed by atoms with Crippen molar-refractivity contribution in [3.8, 4) is 0 Å². The van der Waals surface area contributed by atoms with Crippen molar-refractivity contribution in [2.45, 2.75) is 12.5 Å². The largest absolute Gasteiger partial charge is 0.477 e. The number of anilines is 1. The van der Waals surface area contributed by atoms with Crippen LogP contribution in [0.25, 0.3) is 0 Å². The minimum atomic E-state index is -1.07. The summed E-state index contributed by atoms with van der Waals surface area (Å²) in [5.41, 5.74) is 1.07. The fourth-order valence-electron chi connectivity index (χ4n) is 1.90. The number of aromatic nitrogens is 1. The lowest BCUT2D eigenvalue weighted by molar-refractivity contribution is 0.0690. The predicted molar refractivity (Wildman–Crippen MR) is 75.8 cm³/mol. The lowest BCUT2D eigenvalue weighted by atomic mass is 10.1. The number of hydrogen-bond acceptors (Lipinski definition) is 4. The molecule has 0 saturated carbocycles. The van der Waals surface area contributed by atoms with Crippen molar-refractivity contribution in [1.82, 2.24) is 4.98 Å². The average molecular weight is 272 g/mol. The number of carbonyl (C=O) groups is 1. The summed E-state index contributed by atoms with van der Waals surface area (Å²) in [6.45, 7) is -0.0616. The smallest absolute Gasteiger partial charge is 0.354 e. The third kappa shape index (κ3) is 3.80. The van der Waals surface area contributed by atoms with E-state index in [0.29, 0.717) is 12.2 Å². The molecule has 5 heteroatoms. The fourth-order valence-corrected chi connectivity index (χ4v) is 1.90. The van der Waals surface area contributed by atoms with Gasteiger partial charge in [-0.2, -0.15) is 0 Å². The second-order valence-corrected chi connectivity index (χ2v) is 4.43. The van der Waals surface area contributed by atoms with E-state index in [1.807, 2.05) is 30.3 Å². The summed E-state index contributed by atoms with van der Waals surface area (Å²) in [6.07, 6.45) is 0.635. The standard InChI is InChI=1S/C15H16N2O3/c18-10-12(9-11-5-2-1-3-6-11)16-14-8-4-7-13(17-14)15(19)20/h1-8,12,18H,9-10H2,(H,16,17)(H,19,20). The Morgan fingerprint density at radius 1 is 1.15 bits per heavy atom. The predicted octanol–water partition coefficient (Wildman–Crippen LogP) is 1.80. The highest BCUT2D eigenvalue weighted by Crippen LogP contribution is 2.10. The van der Waals surface area contributed by atoms with Crippen LogP contribution in [0.5, 0.6) is 0 Å². The highest BCUT2D eigenvalue weighted by molar-refractivity contribution is 5.85. The molecular formula is C15H16N2O3. The normalized spacial score (nSPS) is 11.8. The van der Waals surface area contributed by atoms with Crippen LogP contribution in [0.15, 0.2) is 48.5 Å². The number of aliphatic hydroxyl groups is 1. The topological polar surface area (TPSA) is 82.5 Å². The Hall–Kier alpha value is -2.40. The van der Waals surface area contributed by atoms with Gasteiger partial charge in [-0.3, -0.25) is 0 Å². The van der Waals surface area contributed by atoms with Gasteiger partial charge in [0.1, 0.15) is 5.82 Å². The number of hydrogen-bond donors (Lipinski definition) is 3. The number of nitrogens with one attached hydrogen (secondary N) is 1. The molecule has 1 unspecified atom stereocenters. The number of carboxylic acids is 1. The van der Waals surface area contributed by atoms with Crippen molar-refractivity contribution < 1.29 is 15.0 Å². The second kappa shape index (κ2) is 6.68. The molecule has 2 aromatic rings. The number of aromatic carboxylic acids is 1. The summed E-state index contributed by atoms with van der Waals surface area (Å²) < 4.78 is 0. The summed E-state index contributed by atoms with van der Waals surface area (Å²) in [6, 6.07) is 14.3. The minimum Gasteiger partial charge on any atom is -0.477 e. The Morgan fingerprint density at radius 2 is 1.90 bits per heavy atom. The highest BCUT2D eigenvalue weighted by Gasteiger charge is 2.11. The van der Waals surface area contributed by atoms with Crippen LogP contribution >= 0.6 is 0 Å². The van der Waals surface area contributed by atoms with Gasteiger partial charge in [-0.1, -0.05) is 36.4 Å². The van der Waals surface area contributed by atoms with Crippen molar-refractivity contribution in [2.75, 3.05) is 11.9 Å². The maximum atomic E-state index is 10.9. The van der Waals surface area contributed by atoms with E-state index >= 15 is 0 Å². The molecular weight excluding hydrogens is 256 g/mol. The van der Waals surface area contributed by atoms with Gasteiger partial charge >= 0.3 is 5.97 Å². The van der Waals surface area contributed by atoms with Crippen LogP contribution < -0.4 is 5.32 Å². The van der Waals surface area contributed by atoms with E-state index in [1.165, 1.54) is 6.07 Å². The van der Waals surface area contributed by atoms with Gasteiger partial charge in [0.2, 0.25) is 0 Å². The third-order valence-corrected chi connectivity index (χ3v) is 2.87. The second-order valence-electron chi connectivity index (χ2n) is 4.43. The molecule has 3 N–H and O–H groups in total. The summed E-state index contributed by atoms with van der Waals surface area (Å²) in [5.74, 6) is -0.628. The van der Waals surface area contributed by atoms with Crippen LogP contribution in [-0.2, 0) is 6.42 Å². The van der Waals surface area contributed by atoms with Gasteiger partial charge in [-0.15, -0.1) is 0 Å². The molecule has 104 valence electrons. The molecule has 0 aliphatic heterocycles. The number of pyridine rings is 1. The molecule has 0 amide bonds. The molecule has 1 aromatic carbocycles. The molecule has 1 heterocycles. The first-order valence-electron chi connectivity index (χ1n) is 6.30. The van der Waals surface area contributed by atoms with Crippen LogP contribution in [0.3, 0.4) is 0 Å². The lowest BCUT2D eigenvalue weighted by Crippen LogP contribution is -2.27. The van der Waals surface area contributed by atoms with E-state index in [2.05, 4.69) is 10.3 Å². The third-order valence-electron chi connectivity index (χ3n) is 2.87. The molecule has 0 fully saturated rings. The zero-order valence-electron chi connectivity index (χ0n) is 10.9. The van der Waals surface area contributed by atoms with Gasteiger partial charge in [0.15, 0.2) is 5.69 Å². The number of aliphatic hydroxyl groups excluding tert-OH is 1. The molecule has 0 spiro atoms. The first-order valence-corrected chi connectivity index (χ1v) is 6.30. The van der Waals surface area contributed by atoms with Gasteiger partial charge < -0.3 is 15.5 Å². The van der Waals surface area contributed by atoms with E-state index < -0.39 is 5.97 Å². The number of benzene rings is 1. The van der Waals surface area contributed by atoms with Crippen molar-refractivity contribution in [3.05, 3.63) is 59.8 Å². The van der Waals surface area contributed by atoms with Gasteiger partial charge in [0, 0.05) is 0 Å². The van der Waals surface area contributed by atoms with E-state index in [9.17, 15) is 9.90 Å². The molecule has 20 heavy (non-hydrogen) atoms. The van der Waals surface area contributed by atoms with Crippen LogP contribution in [-0.4, -0.2) is 33.8 Å². The van der Waals surface area contributed by atoms with E-state index in [-0.39, 0.29) is 18.3 Å². The van der Waals surface area contributed by atoms with Crippen LogP contribution in [0.1, 0.15) is 16.1 Å². The Kier molecular flexibility index (Phi) is 4.68. The summed E-state index contributed by atoms with van der Waals surface area (Å²) in [5, 5.41) is 21.4. The maximum Gasteiger partial charge on any atom is 0.354 e. The van der Waals surface area contributed by atoms with E-state index in [1.54, 1.807) is 12.1 Å². The highest BCUT2D eigenvalue weighted by atomic mass is 16.4. The van der Waals surface area contributed by atoms with Crippen molar-refractivity contribution in [3.63, 3.8) is 0 Å². The van der Waals surface area contributed by atoms with Gasteiger partial charge in [-0.25, -0.2) is 9.78 Å². The molecule has 0 aliphatic carbocycles.